The second kappa shape index (κ2) is 16.9. The van der Waals surface area contributed by atoms with Gasteiger partial charge < -0.3 is 19.1 Å². The van der Waals surface area contributed by atoms with Crippen molar-refractivity contribution >= 4 is 33.2 Å². The summed E-state index contributed by atoms with van der Waals surface area (Å²) >= 11 is 0. The van der Waals surface area contributed by atoms with E-state index in [9.17, 15) is 0 Å². The second-order valence-electron chi connectivity index (χ2n) is 17.5. The van der Waals surface area contributed by atoms with Gasteiger partial charge in [0.05, 0.1) is 0 Å². The van der Waals surface area contributed by atoms with Gasteiger partial charge in [-0.15, -0.1) is 48.1 Å². The first kappa shape index (κ1) is 41.7. The first-order valence-corrected chi connectivity index (χ1v) is 21.2. The predicted octanol–water partition coefficient (Wildman–Crippen LogP) is 14.4. The summed E-state index contributed by atoms with van der Waals surface area (Å²) in [4.78, 5) is 9.15. The molecule has 0 spiro atoms. The Bertz CT molecular complexity index is 3100. The molecule has 0 saturated carbocycles. The maximum atomic E-state index is 6.59. The zero-order chi connectivity index (χ0) is 42.4. The van der Waals surface area contributed by atoms with Crippen molar-refractivity contribution in [3.8, 4) is 39.6 Å². The van der Waals surface area contributed by atoms with Gasteiger partial charge in [-0.2, -0.15) is 12.1 Å². The molecule has 0 unspecified atom stereocenters. The normalized spacial score (nSPS) is 12.8. The third-order valence-corrected chi connectivity index (χ3v) is 12.0. The maximum absolute atomic E-state index is 6.59. The minimum atomic E-state index is -0.212. The standard InChI is InChI=1S/C57H47N4O.Pt/c1-56(2,3)45-28-29-58-55(36-45)61-53-27-24-42(40-16-9-6-10-17-40)34-52(53)51-26-25-50(38-54(51)61)62-49-23-15-22-47(37-49)59-30-31-60(39-59)48-33-43(41-18-11-7-12-19-41)32-46(35-48)57(4,5)44-20-13-8-14-21-44;/h6-36,39H,1-5H3;/q-3;. The molecule has 10 rings (SSSR count). The van der Waals surface area contributed by atoms with Crippen LogP contribution in [0, 0.1) is 18.8 Å². The van der Waals surface area contributed by atoms with E-state index in [-0.39, 0.29) is 31.9 Å². The summed E-state index contributed by atoms with van der Waals surface area (Å²) in [6, 6.07) is 67.0. The van der Waals surface area contributed by atoms with Crippen molar-refractivity contribution in [1.29, 1.82) is 0 Å². The number of benzene rings is 7. The molecule has 0 fully saturated rings. The molecule has 3 heterocycles. The Morgan fingerprint density at radius 3 is 1.94 bits per heavy atom. The molecule has 9 aromatic rings. The molecular weight excluding hydrogens is 952 g/mol. The van der Waals surface area contributed by atoms with Crippen LogP contribution < -0.4 is 14.5 Å². The fourth-order valence-electron chi connectivity index (χ4n) is 8.39. The van der Waals surface area contributed by atoms with Gasteiger partial charge in [-0.1, -0.05) is 149 Å². The van der Waals surface area contributed by atoms with Crippen molar-refractivity contribution in [3.05, 3.63) is 224 Å². The molecule has 314 valence electrons. The molecule has 0 bridgehead atoms. The Morgan fingerprint density at radius 1 is 0.524 bits per heavy atom. The predicted molar refractivity (Wildman–Crippen MR) is 256 cm³/mol. The smallest absolute Gasteiger partial charge is 0.135 e. The summed E-state index contributed by atoms with van der Waals surface area (Å²) in [6.45, 7) is 13.4. The quantitative estimate of drug-likeness (QED) is 0.135. The Balaban J connectivity index is 0.00000504. The van der Waals surface area contributed by atoms with Crippen molar-refractivity contribution < 1.29 is 25.8 Å². The number of rotatable bonds is 9. The second-order valence-corrected chi connectivity index (χ2v) is 17.5. The molecule has 0 atom stereocenters. The van der Waals surface area contributed by atoms with E-state index >= 15 is 0 Å². The number of aromatic nitrogens is 2. The van der Waals surface area contributed by atoms with Crippen LogP contribution in [0.3, 0.4) is 0 Å². The van der Waals surface area contributed by atoms with Gasteiger partial charge in [0.25, 0.3) is 0 Å². The Hall–Kier alpha value is -6.68. The van der Waals surface area contributed by atoms with Crippen LogP contribution in [0.5, 0.6) is 11.5 Å². The van der Waals surface area contributed by atoms with Crippen LogP contribution in [0.1, 0.15) is 51.3 Å². The molecule has 0 N–H and O–H groups in total. The molecule has 1 aliphatic rings. The fraction of sp³-hybridized carbons (Fsp3) is 0.123. The average molecular weight is 999 g/mol. The summed E-state index contributed by atoms with van der Waals surface area (Å²) in [5.41, 5.74) is 12.1. The third kappa shape index (κ3) is 8.22. The van der Waals surface area contributed by atoms with E-state index in [4.69, 9.17) is 9.72 Å². The van der Waals surface area contributed by atoms with Crippen LogP contribution in [0.4, 0.5) is 11.4 Å². The zero-order valence-corrected chi connectivity index (χ0v) is 38.3. The van der Waals surface area contributed by atoms with Crippen LogP contribution >= 0.6 is 0 Å². The molecule has 5 nitrogen and oxygen atoms in total. The molecule has 1 aliphatic heterocycles. The molecule has 7 aromatic carbocycles. The van der Waals surface area contributed by atoms with Gasteiger partial charge in [-0.25, -0.2) is 4.98 Å². The Labute approximate surface area is 385 Å². The van der Waals surface area contributed by atoms with E-state index in [1.54, 1.807) is 0 Å². The number of hydrogen-bond donors (Lipinski definition) is 0. The first-order valence-electron chi connectivity index (χ1n) is 21.2. The minimum absolute atomic E-state index is 0. The Morgan fingerprint density at radius 2 is 1.21 bits per heavy atom. The summed E-state index contributed by atoms with van der Waals surface area (Å²) in [5, 5.41) is 2.21. The van der Waals surface area contributed by atoms with Crippen LogP contribution in [0.25, 0.3) is 49.9 Å². The molecule has 6 heteroatoms. The van der Waals surface area contributed by atoms with Crippen molar-refractivity contribution in [3.63, 3.8) is 0 Å². The van der Waals surface area contributed by atoms with Gasteiger partial charge in [-0.05, 0) is 92.5 Å². The zero-order valence-electron chi connectivity index (χ0n) is 36.0. The van der Waals surface area contributed by atoms with E-state index in [0.29, 0.717) is 11.5 Å². The monoisotopic (exact) mass is 998 g/mol. The van der Waals surface area contributed by atoms with E-state index in [2.05, 4.69) is 226 Å². The fourth-order valence-corrected chi connectivity index (χ4v) is 8.39. The van der Waals surface area contributed by atoms with E-state index in [1.165, 1.54) is 33.4 Å². The minimum Gasteiger partial charge on any atom is -0.509 e. The molecule has 2 aromatic heterocycles. The molecule has 0 amide bonds. The summed E-state index contributed by atoms with van der Waals surface area (Å²) in [7, 11) is 0. The maximum Gasteiger partial charge on any atom is 0.135 e. The number of fused-ring (bicyclic) bond motifs is 3. The molecule has 0 aliphatic carbocycles. The van der Waals surface area contributed by atoms with Crippen molar-refractivity contribution in [1.82, 2.24) is 9.55 Å². The molecule has 0 saturated heterocycles. The van der Waals surface area contributed by atoms with Crippen LogP contribution in [-0.2, 0) is 31.9 Å². The number of anilines is 2. The van der Waals surface area contributed by atoms with Crippen LogP contribution in [0.2, 0.25) is 0 Å². The molecule has 0 radical (unpaired) electrons. The largest absolute Gasteiger partial charge is 0.509 e. The summed E-state index contributed by atoms with van der Waals surface area (Å²) < 4.78 is 8.80. The topological polar surface area (TPSA) is 33.5 Å². The van der Waals surface area contributed by atoms with E-state index in [0.717, 1.165) is 44.6 Å². The van der Waals surface area contributed by atoms with Crippen molar-refractivity contribution in [2.24, 2.45) is 0 Å². The average Bonchev–Trinajstić information content (AvgIpc) is 3.93. The molecule has 63 heavy (non-hydrogen) atoms. The SMILES string of the molecule is CC(C)(C)c1ccnc(-n2c3[c-]c(Oc4[c-]c(N5C=CN(c6cc(-c7ccccc7)cc(C(C)(C)c7ccccc7)c6)[CH-]5)ccc4)ccc3c3cc(-c4ccccc4)ccc32)c1.[Pt]. The van der Waals surface area contributed by atoms with Gasteiger partial charge in [0.2, 0.25) is 0 Å². The van der Waals surface area contributed by atoms with Gasteiger partial charge in [0.15, 0.2) is 0 Å². The first-order chi connectivity index (χ1) is 30.1. The number of pyridine rings is 1. The van der Waals surface area contributed by atoms with Crippen LogP contribution in [-0.4, -0.2) is 9.55 Å². The van der Waals surface area contributed by atoms with Gasteiger partial charge in [-0.3, -0.25) is 0 Å². The number of ether oxygens (including phenoxy) is 1. The van der Waals surface area contributed by atoms with Crippen molar-refractivity contribution in [2.45, 2.75) is 45.4 Å². The van der Waals surface area contributed by atoms with E-state index < -0.39 is 0 Å². The summed E-state index contributed by atoms with van der Waals surface area (Å²) in [5.74, 6) is 2.04. The van der Waals surface area contributed by atoms with E-state index in [1.807, 2.05) is 30.5 Å². The number of hydrogen-bond acceptors (Lipinski definition) is 4. The van der Waals surface area contributed by atoms with Gasteiger partial charge in [0.1, 0.15) is 5.82 Å². The number of nitrogens with zero attached hydrogens (tertiary/aromatic N) is 4. The van der Waals surface area contributed by atoms with Gasteiger partial charge in [0, 0.05) is 55.4 Å². The van der Waals surface area contributed by atoms with Crippen molar-refractivity contribution in [2.75, 3.05) is 9.80 Å². The van der Waals surface area contributed by atoms with Gasteiger partial charge >= 0.3 is 0 Å². The Kier molecular flexibility index (Phi) is 11.2. The summed E-state index contributed by atoms with van der Waals surface area (Å²) in [6.07, 6.45) is 6.06. The molecular formula is C57H47N4OPt-3. The van der Waals surface area contributed by atoms with Crippen LogP contribution in [0.15, 0.2) is 188 Å². The third-order valence-electron chi connectivity index (χ3n) is 12.0.